The Hall–Kier alpha value is -1.35. The van der Waals surface area contributed by atoms with Crippen LogP contribution in [-0.4, -0.2) is 24.2 Å². The van der Waals surface area contributed by atoms with E-state index in [0.717, 1.165) is 12.0 Å². The first kappa shape index (κ1) is 15.7. The van der Waals surface area contributed by atoms with Crippen molar-refractivity contribution in [3.05, 3.63) is 35.4 Å². The summed E-state index contributed by atoms with van der Waals surface area (Å²) in [5, 5.41) is 11.9. The lowest BCUT2D eigenvalue weighted by atomic mass is 9.83. The summed E-state index contributed by atoms with van der Waals surface area (Å²) in [6, 6.07) is 8.18. The van der Waals surface area contributed by atoms with Crippen LogP contribution >= 0.6 is 0 Å². The zero-order chi connectivity index (χ0) is 14.5. The molecule has 0 aliphatic carbocycles. The standard InChI is InChI=1S/C16H25NO2/c1-5-13-6-8-14(9-7-13)16(3,4)15(19)17-10-12(2)11-18/h6-9,12,18H,5,10-11H2,1-4H3,(H,17,19). The van der Waals surface area contributed by atoms with Crippen molar-refractivity contribution >= 4 is 5.91 Å². The number of amides is 1. The minimum atomic E-state index is -0.554. The van der Waals surface area contributed by atoms with Crippen LogP contribution in [0.1, 0.15) is 38.8 Å². The van der Waals surface area contributed by atoms with E-state index in [-0.39, 0.29) is 18.4 Å². The topological polar surface area (TPSA) is 49.3 Å². The summed E-state index contributed by atoms with van der Waals surface area (Å²) in [7, 11) is 0. The van der Waals surface area contributed by atoms with Gasteiger partial charge in [-0.05, 0) is 37.3 Å². The third-order valence-corrected chi connectivity index (χ3v) is 3.57. The molecule has 0 aliphatic rings. The first-order valence-corrected chi connectivity index (χ1v) is 6.90. The molecule has 0 aliphatic heterocycles. The second-order valence-corrected chi connectivity index (χ2v) is 5.67. The highest BCUT2D eigenvalue weighted by molar-refractivity contribution is 5.87. The lowest BCUT2D eigenvalue weighted by Crippen LogP contribution is -2.42. The van der Waals surface area contributed by atoms with Gasteiger partial charge in [0.2, 0.25) is 5.91 Å². The van der Waals surface area contributed by atoms with Crippen molar-refractivity contribution in [1.29, 1.82) is 0 Å². The minimum absolute atomic E-state index is 0.00273. The highest BCUT2D eigenvalue weighted by atomic mass is 16.3. The van der Waals surface area contributed by atoms with Gasteiger partial charge in [0, 0.05) is 13.2 Å². The minimum Gasteiger partial charge on any atom is -0.396 e. The van der Waals surface area contributed by atoms with E-state index in [2.05, 4.69) is 24.4 Å². The number of aliphatic hydroxyl groups is 1. The maximum atomic E-state index is 12.2. The molecule has 0 aromatic heterocycles. The van der Waals surface area contributed by atoms with E-state index in [1.807, 2.05) is 32.9 Å². The van der Waals surface area contributed by atoms with E-state index in [4.69, 9.17) is 5.11 Å². The van der Waals surface area contributed by atoms with Crippen LogP contribution in [0.3, 0.4) is 0 Å². The number of nitrogens with one attached hydrogen (secondary N) is 1. The summed E-state index contributed by atoms with van der Waals surface area (Å²) in [4.78, 5) is 12.2. The molecule has 0 saturated carbocycles. The Kier molecular flexibility index (Phi) is 5.55. The first-order valence-electron chi connectivity index (χ1n) is 6.90. The molecule has 1 aromatic carbocycles. The molecule has 3 nitrogen and oxygen atoms in total. The molecular weight excluding hydrogens is 238 g/mol. The molecule has 0 heterocycles. The van der Waals surface area contributed by atoms with Gasteiger partial charge in [0.05, 0.1) is 5.41 Å². The van der Waals surface area contributed by atoms with Crippen LogP contribution in [0.25, 0.3) is 0 Å². The fourth-order valence-electron chi connectivity index (χ4n) is 1.84. The second-order valence-electron chi connectivity index (χ2n) is 5.67. The van der Waals surface area contributed by atoms with E-state index in [1.165, 1.54) is 5.56 Å². The third kappa shape index (κ3) is 4.06. The van der Waals surface area contributed by atoms with Gasteiger partial charge < -0.3 is 10.4 Å². The van der Waals surface area contributed by atoms with Gasteiger partial charge in [-0.2, -0.15) is 0 Å². The molecule has 3 heteroatoms. The van der Waals surface area contributed by atoms with Crippen LogP contribution in [0.15, 0.2) is 24.3 Å². The summed E-state index contributed by atoms with van der Waals surface area (Å²) in [5.41, 5.74) is 1.73. The van der Waals surface area contributed by atoms with Crippen molar-refractivity contribution in [1.82, 2.24) is 5.32 Å². The summed E-state index contributed by atoms with van der Waals surface area (Å²) in [6.45, 7) is 8.46. The molecule has 0 fully saturated rings. The Morgan fingerprint density at radius 3 is 2.37 bits per heavy atom. The molecule has 2 N–H and O–H groups in total. The Labute approximate surface area is 116 Å². The normalized spacial score (nSPS) is 13.1. The number of benzene rings is 1. The predicted octanol–water partition coefficient (Wildman–Crippen LogP) is 2.27. The average Bonchev–Trinajstić information content (AvgIpc) is 2.44. The van der Waals surface area contributed by atoms with Gasteiger partial charge >= 0.3 is 0 Å². The SMILES string of the molecule is CCc1ccc(C(C)(C)C(=O)NCC(C)CO)cc1. The molecule has 106 valence electrons. The molecule has 0 bridgehead atoms. The fourth-order valence-corrected chi connectivity index (χ4v) is 1.84. The summed E-state index contributed by atoms with van der Waals surface area (Å²) in [5.74, 6) is 0.0827. The number of carbonyl (C=O) groups excluding carboxylic acids is 1. The van der Waals surface area contributed by atoms with Crippen molar-refractivity contribution < 1.29 is 9.90 Å². The molecule has 1 aromatic rings. The van der Waals surface area contributed by atoms with E-state index >= 15 is 0 Å². The monoisotopic (exact) mass is 263 g/mol. The van der Waals surface area contributed by atoms with Crippen molar-refractivity contribution in [3.63, 3.8) is 0 Å². The van der Waals surface area contributed by atoms with E-state index in [0.29, 0.717) is 6.54 Å². The molecule has 19 heavy (non-hydrogen) atoms. The number of aryl methyl sites for hydroxylation is 1. The van der Waals surface area contributed by atoms with Crippen LogP contribution in [0, 0.1) is 5.92 Å². The summed E-state index contributed by atoms with van der Waals surface area (Å²) in [6.07, 6.45) is 1.00. The summed E-state index contributed by atoms with van der Waals surface area (Å²) < 4.78 is 0. The number of hydrogen-bond donors (Lipinski definition) is 2. The molecule has 0 radical (unpaired) electrons. The van der Waals surface area contributed by atoms with Gasteiger partial charge in [-0.25, -0.2) is 0 Å². The molecular formula is C16H25NO2. The smallest absolute Gasteiger partial charge is 0.230 e. The second kappa shape index (κ2) is 6.71. The van der Waals surface area contributed by atoms with Crippen LogP contribution in [0.2, 0.25) is 0 Å². The predicted molar refractivity (Wildman–Crippen MR) is 78.1 cm³/mol. The number of aliphatic hydroxyl groups excluding tert-OH is 1. The maximum Gasteiger partial charge on any atom is 0.230 e. The zero-order valence-electron chi connectivity index (χ0n) is 12.4. The van der Waals surface area contributed by atoms with Gasteiger partial charge in [0.25, 0.3) is 0 Å². The highest BCUT2D eigenvalue weighted by Crippen LogP contribution is 2.24. The van der Waals surface area contributed by atoms with Crippen LogP contribution < -0.4 is 5.32 Å². The number of carbonyl (C=O) groups is 1. The van der Waals surface area contributed by atoms with Gasteiger partial charge in [-0.1, -0.05) is 38.1 Å². The molecule has 1 amide bonds. The van der Waals surface area contributed by atoms with Crippen molar-refractivity contribution in [3.8, 4) is 0 Å². The molecule has 1 rings (SSSR count). The largest absolute Gasteiger partial charge is 0.396 e. The van der Waals surface area contributed by atoms with Crippen LogP contribution in [-0.2, 0) is 16.6 Å². The first-order chi connectivity index (χ1) is 8.91. The van der Waals surface area contributed by atoms with Crippen molar-refractivity contribution in [2.75, 3.05) is 13.2 Å². The maximum absolute atomic E-state index is 12.2. The number of rotatable bonds is 6. The van der Waals surface area contributed by atoms with Gasteiger partial charge in [-0.15, -0.1) is 0 Å². The van der Waals surface area contributed by atoms with Crippen LogP contribution in [0.4, 0.5) is 0 Å². The number of hydrogen-bond acceptors (Lipinski definition) is 2. The third-order valence-electron chi connectivity index (χ3n) is 3.57. The molecule has 0 spiro atoms. The summed E-state index contributed by atoms with van der Waals surface area (Å²) >= 11 is 0. The Balaban J connectivity index is 2.74. The van der Waals surface area contributed by atoms with Crippen LogP contribution in [0.5, 0.6) is 0 Å². The average molecular weight is 263 g/mol. The van der Waals surface area contributed by atoms with E-state index < -0.39 is 5.41 Å². The zero-order valence-corrected chi connectivity index (χ0v) is 12.4. The molecule has 1 atom stereocenters. The Bertz CT molecular complexity index is 409. The lowest BCUT2D eigenvalue weighted by molar-refractivity contribution is -0.125. The fraction of sp³-hybridized carbons (Fsp3) is 0.562. The lowest BCUT2D eigenvalue weighted by Gasteiger charge is -2.25. The van der Waals surface area contributed by atoms with Gasteiger partial charge in [0.15, 0.2) is 0 Å². The molecule has 1 unspecified atom stereocenters. The van der Waals surface area contributed by atoms with E-state index in [9.17, 15) is 4.79 Å². The Morgan fingerprint density at radius 2 is 1.89 bits per heavy atom. The van der Waals surface area contributed by atoms with E-state index in [1.54, 1.807) is 0 Å². The van der Waals surface area contributed by atoms with Crippen molar-refractivity contribution in [2.45, 2.75) is 39.5 Å². The van der Waals surface area contributed by atoms with Gasteiger partial charge in [0.1, 0.15) is 0 Å². The quantitative estimate of drug-likeness (QED) is 0.827. The van der Waals surface area contributed by atoms with Gasteiger partial charge in [-0.3, -0.25) is 4.79 Å². The van der Waals surface area contributed by atoms with Crippen molar-refractivity contribution in [2.24, 2.45) is 5.92 Å². The Morgan fingerprint density at radius 1 is 1.32 bits per heavy atom. The molecule has 0 saturated heterocycles. The highest BCUT2D eigenvalue weighted by Gasteiger charge is 2.29.